The predicted octanol–water partition coefficient (Wildman–Crippen LogP) is 6.17. The van der Waals surface area contributed by atoms with Crippen LogP contribution in [0.15, 0.2) is 60.7 Å². The van der Waals surface area contributed by atoms with Crippen molar-refractivity contribution in [2.45, 2.75) is 81.6 Å². The fraction of sp³-hybridized carbons (Fsp3) is 0.410. The molecule has 0 aliphatic carbocycles. The number of nitrogens with one attached hydrogen (secondary N) is 3. The first-order chi connectivity index (χ1) is 24.9. The summed E-state index contributed by atoms with van der Waals surface area (Å²) in [6.07, 6.45) is 5.89. The van der Waals surface area contributed by atoms with Gasteiger partial charge in [0.25, 0.3) is 5.91 Å². The summed E-state index contributed by atoms with van der Waals surface area (Å²) < 4.78 is 10.4. The van der Waals surface area contributed by atoms with Crippen LogP contribution in [0.2, 0.25) is 0 Å². The van der Waals surface area contributed by atoms with Crippen molar-refractivity contribution in [3.8, 4) is 22.3 Å². The molecule has 9 rings (SSSR count). The number of rotatable bonds is 6. The molecule has 51 heavy (non-hydrogen) atoms. The lowest BCUT2D eigenvalue weighted by Crippen LogP contribution is -2.54. The van der Waals surface area contributed by atoms with Crippen LogP contribution < -0.4 is 5.32 Å². The number of carbonyl (C=O) groups is 3. The molecule has 3 aromatic carbocycles. The zero-order chi connectivity index (χ0) is 34.6. The SMILES string of the molecule is COC(=O)N[C@H]1CC[C@H]2CC[C@@H](c3nc4ccc(-c5ccc(-c6ccc7nc([C@@H]8CCCN8C(=O)[C@H]8CCCO8)[nH]c7c6)cc5)cc4[nH]3)N2C1=O. The number of nitrogens with zero attached hydrogens (tertiary/aromatic N) is 4. The van der Waals surface area contributed by atoms with Gasteiger partial charge in [0.15, 0.2) is 0 Å². The highest BCUT2D eigenvalue weighted by Crippen LogP contribution is 2.41. The van der Waals surface area contributed by atoms with E-state index >= 15 is 0 Å². The van der Waals surface area contributed by atoms with Crippen molar-refractivity contribution >= 4 is 40.0 Å². The summed E-state index contributed by atoms with van der Waals surface area (Å²) in [6.45, 7) is 1.40. The minimum Gasteiger partial charge on any atom is -0.453 e. The summed E-state index contributed by atoms with van der Waals surface area (Å²) in [5, 5.41) is 2.70. The van der Waals surface area contributed by atoms with Crippen LogP contribution in [-0.2, 0) is 19.1 Å². The molecule has 3 N–H and O–H groups in total. The minimum atomic E-state index is -0.587. The quantitative estimate of drug-likeness (QED) is 0.194. The number of aromatic amines is 2. The van der Waals surface area contributed by atoms with Crippen LogP contribution >= 0.6 is 0 Å². The highest BCUT2D eigenvalue weighted by atomic mass is 16.5. The molecule has 262 valence electrons. The number of hydrogen-bond acceptors (Lipinski definition) is 7. The second-order valence-electron chi connectivity index (χ2n) is 14.2. The average Bonchev–Trinajstić information content (AvgIpc) is 4.00. The number of amides is 3. The summed E-state index contributed by atoms with van der Waals surface area (Å²) in [6, 6.07) is 20.4. The highest BCUT2D eigenvalue weighted by molar-refractivity contribution is 5.88. The number of ether oxygens (including phenoxy) is 2. The largest absolute Gasteiger partial charge is 0.453 e. The Balaban J connectivity index is 0.916. The summed E-state index contributed by atoms with van der Waals surface area (Å²) in [5.41, 5.74) is 7.96. The summed E-state index contributed by atoms with van der Waals surface area (Å²) >= 11 is 0. The van der Waals surface area contributed by atoms with E-state index in [1.54, 1.807) is 0 Å². The zero-order valence-electron chi connectivity index (χ0n) is 28.6. The molecule has 12 heteroatoms. The fourth-order valence-electron chi connectivity index (χ4n) is 8.63. The molecule has 4 aliphatic heterocycles. The van der Waals surface area contributed by atoms with Crippen LogP contribution in [0.3, 0.4) is 0 Å². The third kappa shape index (κ3) is 5.71. The number of benzene rings is 3. The molecular weight excluding hydrogens is 646 g/mol. The first kappa shape index (κ1) is 31.7. The van der Waals surface area contributed by atoms with E-state index in [2.05, 4.69) is 63.8 Å². The van der Waals surface area contributed by atoms with E-state index in [1.165, 1.54) is 7.11 Å². The Hall–Kier alpha value is -5.23. The van der Waals surface area contributed by atoms with Crippen molar-refractivity contribution in [2.75, 3.05) is 20.3 Å². The number of likely N-dealkylation sites (tertiary alicyclic amines) is 1. The predicted molar refractivity (Wildman–Crippen MR) is 190 cm³/mol. The lowest BCUT2D eigenvalue weighted by molar-refractivity contribution is -0.142. The molecule has 12 nitrogen and oxygen atoms in total. The van der Waals surface area contributed by atoms with Crippen LogP contribution in [-0.4, -0.2) is 86.1 Å². The van der Waals surface area contributed by atoms with Crippen LogP contribution in [0.25, 0.3) is 44.3 Å². The Bertz CT molecular complexity index is 2130. The number of imidazole rings is 2. The monoisotopic (exact) mass is 687 g/mol. The number of hydrogen-bond donors (Lipinski definition) is 3. The fourth-order valence-corrected chi connectivity index (χ4v) is 8.63. The van der Waals surface area contributed by atoms with Gasteiger partial charge in [-0.15, -0.1) is 0 Å². The maximum atomic E-state index is 13.4. The normalized spacial score (nSPS) is 24.8. The number of piperidine rings is 1. The molecule has 2 aromatic heterocycles. The molecule has 6 heterocycles. The molecule has 3 amide bonds. The van der Waals surface area contributed by atoms with Crippen molar-refractivity contribution in [3.05, 3.63) is 72.3 Å². The second-order valence-corrected chi connectivity index (χ2v) is 14.2. The van der Waals surface area contributed by atoms with Gasteiger partial charge in [-0.05, 0) is 97.9 Å². The Morgan fingerprint density at radius 3 is 2.04 bits per heavy atom. The van der Waals surface area contributed by atoms with Crippen LogP contribution in [0, 0.1) is 0 Å². The van der Waals surface area contributed by atoms with Gasteiger partial charge in [0.1, 0.15) is 23.8 Å². The zero-order valence-corrected chi connectivity index (χ0v) is 28.6. The van der Waals surface area contributed by atoms with Gasteiger partial charge in [0.05, 0.1) is 41.3 Å². The van der Waals surface area contributed by atoms with Crippen molar-refractivity contribution in [1.29, 1.82) is 0 Å². The van der Waals surface area contributed by atoms with Crippen molar-refractivity contribution in [2.24, 2.45) is 0 Å². The van der Waals surface area contributed by atoms with E-state index in [4.69, 9.17) is 19.4 Å². The molecule has 4 fully saturated rings. The van der Waals surface area contributed by atoms with Gasteiger partial charge in [-0.25, -0.2) is 14.8 Å². The third-order valence-corrected chi connectivity index (χ3v) is 11.2. The van der Waals surface area contributed by atoms with Crippen LogP contribution in [0.4, 0.5) is 4.79 Å². The van der Waals surface area contributed by atoms with E-state index < -0.39 is 12.1 Å². The van der Waals surface area contributed by atoms with Crippen molar-refractivity contribution < 1.29 is 23.9 Å². The molecule has 0 radical (unpaired) electrons. The number of fused-ring (bicyclic) bond motifs is 3. The lowest BCUT2D eigenvalue weighted by Gasteiger charge is -2.37. The topological polar surface area (TPSA) is 146 Å². The summed E-state index contributed by atoms with van der Waals surface area (Å²) in [5.74, 6) is 1.64. The second kappa shape index (κ2) is 12.8. The maximum absolute atomic E-state index is 13.4. The average molecular weight is 688 g/mol. The van der Waals surface area contributed by atoms with Crippen molar-refractivity contribution in [3.63, 3.8) is 0 Å². The minimum absolute atomic E-state index is 0.0508. The molecule has 4 saturated heterocycles. The van der Waals surface area contributed by atoms with Gasteiger partial charge >= 0.3 is 6.09 Å². The van der Waals surface area contributed by atoms with Gasteiger partial charge in [-0.1, -0.05) is 36.4 Å². The number of aromatic nitrogens is 4. The first-order valence-electron chi connectivity index (χ1n) is 18.1. The molecule has 0 bridgehead atoms. The van der Waals surface area contributed by atoms with E-state index in [0.29, 0.717) is 13.0 Å². The van der Waals surface area contributed by atoms with E-state index in [-0.39, 0.29) is 36.0 Å². The highest BCUT2D eigenvalue weighted by Gasteiger charge is 2.45. The smallest absolute Gasteiger partial charge is 0.407 e. The lowest BCUT2D eigenvalue weighted by atomic mass is 9.98. The number of alkyl carbamates (subject to hydrolysis) is 1. The number of carbonyl (C=O) groups excluding carboxylic acids is 3. The molecule has 0 saturated carbocycles. The standard InChI is InChI=1S/C39H41N7O5/c1-50-39(49)44-29-16-12-26-13-17-33(46(26)37(29)47)36-41-28-15-11-25(21-31(28)43-36)23-8-6-22(7-9-23)24-10-14-27-30(20-24)42-35(40-27)32-4-2-18-45(32)38(48)34-5-3-19-51-34/h6-11,14-15,20-21,26,29,32-34H,2-5,12-13,16-19H2,1H3,(H,40,42)(H,41,43)(H,44,49)/t26-,29-,32-,33-,34+/m0/s1. The Labute approximate surface area is 294 Å². The molecular formula is C39H41N7O5. The first-order valence-corrected chi connectivity index (χ1v) is 18.1. The number of H-pyrrole nitrogens is 2. The number of methoxy groups -OCH3 is 1. The van der Waals surface area contributed by atoms with Gasteiger partial charge in [-0.2, -0.15) is 0 Å². The molecule has 4 aliphatic rings. The van der Waals surface area contributed by atoms with Crippen LogP contribution in [0.5, 0.6) is 0 Å². The maximum Gasteiger partial charge on any atom is 0.407 e. The Kier molecular flexibility index (Phi) is 7.98. The van der Waals surface area contributed by atoms with Gasteiger partial charge in [0.2, 0.25) is 5.91 Å². The van der Waals surface area contributed by atoms with E-state index in [1.807, 2.05) is 21.9 Å². The molecule has 5 atom stereocenters. The molecule has 5 aromatic rings. The summed E-state index contributed by atoms with van der Waals surface area (Å²) in [4.78, 5) is 59.1. The third-order valence-electron chi connectivity index (χ3n) is 11.2. The van der Waals surface area contributed by atoms with Crippen molar-refractivity contribution in [1.82, 2.24) is 35.1 Å². The Morgan fingerprint density at radius 2 is 1.41 bits per heavy atom. The van der Waals surface area contributed by atoms with E-state index in [9.17, 15) is 14.4 Å². The van der Waals surface area contributed by atoms with Gasteiger partial charge in [-0.3, -0.25) is 9.59 Å². The van der Waals surface area contributed by atoms with Gasteiger partial charge in [0, 0.05) is 19.2 Å². The summed E-state index contributed by atoms with van der Waals surface area (Å²) in [7, 11) is 1.31. The van der Waals surface area contributed by atoms with E-state index in [0.717, 1.165) is 107 Å². The molecule has 0 unspecified atom stereocenters. The van der Waals surface area contributed by atoms with Gasteiger partial charge < -0.3 is 34.6 Å². The molecule has 0 spiro atoms. The van der Waals surface area contributed by atoms with Crippen LogP contribution in [0.1, 0.15) is 75.1 Å². The Morgan fingerprint density at radius 1 is 0.784 bits per heavy atom.